The SMILES string of the molecule is C[C@]12CC[C@@H]3c4c(cc(O)cc4OS(=O)(=O)Oc4cc(O)cc5c4[C@H]4CC[C@]6(C)[C@@H](O)CC[C@H]6[C@@H]4CC5)CC[C@H]3[C@@H]1CC[C@@H]2O. The number of aliphatic hydroxyl groups excluding tert-OH is 2. The Morgan fingerprint density at radius 1 is 0.644 bits per heavy atom. The van der Waals surface area contributed by atoms with Crippen molar-refractivity contribution in [1.29, 1.82) is 0 Å². The second-order valence-corrected chi connectivity index (χ2v) is 16.9. The van der Waals surface area contributed by atoms with E-state index in [-0.39, 0.29) is 57.9 Å². The molecule has 244 valence electrons. The first kappa shape index (κ1) is 29.9. The van der Waals surface area contributed by atoms with Crippen LogP contribution in [0.2, 0.25) is 0 Å². The summed E-state index contributed by atoms with van der Waals surface area (Å²) in [5, 5.41) is 42.9. The van der Waals surface area contributed by atoms with Crippen LogP contribution in [0.5, 0.6) is 23.0 Å². The van der Waals surface area contributed by atoms with Crippen LogP contribution in [0.15, 0.2) is 24.3 Å². The van der Waals surface area contributed by atoms with Crippen LogP contribution in [-0.4, -0.2) is 41.1 Å². The fourth-order valence-electron chi connectivity index (χ4n) is 11.7. The summed E-state index contributed by atoms with van der Waals surface area (Å²) in [4.78, 5) is 0. The predicted molar refractivity (Wildman–Crippen MR) is 168 cm³/mol. The first-order valence-corrected chi connectivity index (χ1v) is 18.4. The van der Waals surface area contributed by atoms with Gasteiger partial charge in [-0.1, -0.05) is 13.8 Å². The van der Waals surface area contributed by atoms with Gasteiger partial charge in [-0.25, -0.2) is 0 Å². The average molecular weight is 639 g/mol. The van der Waals surface area contributed by atoms with E-state index in [1.54, 1.807) is 12.1 Å². The normalized spacial score (nSPS) is 39.9. The number of phenols is 2. The first-order valence-electron chi connectivity index (χ1n) is 17.1. The third-order valence-corrected chi connectivity index (χ3v) is 14.6. The number of hydrogen-bond acceptors (Lipinski definition) is 8. The third kappa shape index (κ3) is 4.54. The monoisotopic (exact) mass is 638 g/mol. The number of rotatable bonds is 4. The molecular weight excluding hydrogens is 592 g/mol. The molecule has 6 aliphatic rings. The zero-order chi connectivity index (χ0) is 31.5. The Morgan fingerprint density at radius 2 is 1.07 bits per heavy atom. The molecule has 0 spiro atoms. The third-order valence-electron chi connectivity index (χ3n) is 13.8. The smallest absolute Gasteiger partial charge is 0.501 e. The van der Waals surface area contributed by atoms with Crippen LogP contribution in [0.25, 0.3) is 0 Å². The molecule has 8 nitrogen and oxygen atoms in total. The van der Waals surface area contributed by atoms with Gasteiger partial charge in [0.1, 0.15) is 11.5 Å². The summed E-state index contributed by atoms with van der Waals surface area (Å²) in [5.41, 5.74) is 3.25. The topological polar surface area (TPSA) is 134 Å². The van der Waals surface area contributed by atoms with Crippen molar-refractivity contribution >= 4 is 10.4 Å². The Kier molecular flexibility index (Phi) is 6.81. The molecule has 0 radical (unpaired) electrons. The Bertz CT molecular complexity index is 1520. The highest BCUT2D eigenvalue weighted by Crippen LogP contribution is 2.63. The van der Waals surface area contributed by atoms with Gasteiger partial charge in [-0.15, -0.1) is 8.42 Å². The van der Waals surface area contributed by atoms with Crippen molar-refractivity contribution in [3.63, 3.8) is 0 Å². The average Bonchev–Trinajstić information content (AvgIpc) is 3.46. The van der Waals surface area contributed by atoms with E-state index in [0.717, 1.165) is 86.5 Å². The van der Waals surface area contributed by atoms with Gasteiger partial charge in [0.25, 0.3) is 0 Å². The molecule has 0 bridgehead atoms. The highest BCUT2D eigenvalue weighted by molar-refractivity contribution is 7.82. The van der Waals surface area contributed by atoms with E-state index in [9.17, 15) is 28.8 Å². The lowest BCUT2D eigenvalue weighted by Crippen LogP contribution is -2.44. The predicted octanol–water partition coefficient (Wildman–Crippen LogP) is 6.23. The van der Waals surface area contributed by atoms with E-state index in [0.29, 0.717) is 36.5 Å². The van der Waals surface area contributed by atoms with Crippen LogP contribution >= 0.6 is 0 Å². The Morgan fingerprint density at radius 3 is 1.49 bits per heavy atom. The minimum atomic E-state index is -4.64. The summed E-state index contributed by atoms with van der Waals surface area (Å²) in [6, 6.07) is 6.24. The lowest BCUT2D eigenvalue weighted by molar-refractivity contribution is -0.0228. The van der Waals surface area contributed by atoms with Crippen LogP contribution in [-0.2, 0) is 23.2 Å². The molecule has 4 N–H and O–H groups in total. The number of benzene rings is 2. The molecule has 4 fully saturated rings. The van der Waals surface area contributed by atoms with Crippen LogP contribution in [0.4, 0.5) is 0 Å². The quantitative estimate of drug-likeness (QED) is 0.310. The van der Waals surface area contributed by atoms with Crippen molar-refractivity contribution in [2.75, 3.05) is 0 Å². The van der Waals surface area contributed by atoms with Crippen molar-refractivity contribution in [3.05, 3.63) is 46.5 Å². The Balaban J connectivity index is 1.11. The molecule has 0 heterocycles. The second-order valence-electron chi connectivity index (χ2n) is 15.7. The molecule has 6 aliphatic carbocycles. The van der Waals surface area contributed by atoms with Crippen molar-refractivity contribution < 1.29 is 37.2 Å². The summed E-state index contributed by atoms with van der Waals surface area (Å²) >= 11 is 0. The zero-order valence-corrected chi connectivity index (χ0v) is 27.1. The van der Waals surface area contributed by atoms with E-state index in [1.165, 1.54) is 12.1 Å². The van der Waals surface area contributed by atoms with E-state index in [2.05, 4.69) is 13.8 Å². The van der Waals surface area contributed by atoms with Gasteiger partial charge in [0, 0.05) is 23.3 Å². The molecule has 0 unspecified atom stereocenters. The van der Waals surface area contributed by atoms with Crippen molar-refractivity contribution in [1.82, 2.24) is 0 Å². The largest absolute Gasteiger partial charge is 0.508 e. The number of aliphatic hydroxyl groups is 2. The zero-order valence-electron chi connectivity index (χ0n) is 26.2. The number of aromatic hydroxyl groups is 2. The lowest BCUT2D eigenvalue weighted by Gasteiger charge is -2.50. The lowest BCUT2D eigenvalue weighted by atomic mass is 9.55. The van der Waals surface area contributed by atoms with Gasteiger partial charge in [0.05, 0.1) is 12.2 Å². The maximum atomic E-state index is 13.8. The van der Waals surface area contributed by atoms with Gasteiger partial charge in [0.15, 0.2) is 11.5 Å². The molecule has 2 aromatic rings. The summed E-state index contributed by atoms with van der Waals surface area (Å²) in [7, 11) is -4.64. The van der Waals surface area contributed by atoms with Crippen molar-refractivity contribution in [3.8, 4) is 23.0 Å². The molecule has 10 atom stereocenters. The molecular formula is C36H46O8S. The number of hydrogen-bond donors (Lipinski definition) is 4. The molecule has 0 aliphatic heterocycles. The highest BCUT2D eigenvalue weighted by atomic mass is 32.3. The fourth-order valence-corrected chi connectivity index (χ4v) is 12.4. The molecule has 2 aromatic carbocycles. The highest BCUT2D eigenvalue weighted by Gasteiger charge is 2.56. The van der Waals surface area contributed by atoms with Crippen LogP contribution in [0.1, 0.15) is 112 Å². The molecule has 0 amide bonds. The van der Waals surface area contributed by atoms with E-state index in [1.807, 2.05) is 0 Å². The van der Waals surface area contributed by atoms with Crippen molar-refractivity contribution in [2.45, 2.75) is 115 Å². The minimum absolute atomic E-state index is 0.0454. The molecule has 8 rings (SSSR count). The van der Waals surface area contributed by atoms with E-state index >= 15 is 0 Å². The minimum Gasteiger partial charge on any atom is -0.508 e. The molecule has 0 aromatic heterocycles. The Hall–Kier alpha value is -2.49. The fraction of sp³-hybridized carbons (Fsp3) is 0.667. The van der Waals surface area contributed by atoms with Gasteiger partial charge < -0.3 is 28.8 Å². The maximum absolute atomic E-state index is 13.8. The standard InChI is InChI=1S/C36H46O8S/c1-35-13-11-25-23(27(35)7-9-31(35)39)5-3-19-15-21(37)17-29(33(19)25)43-45(41,42)44-30-18-22(38)16-20-4-6-24-26(34(20)30)12-14-36(2)28(24)8-10-32(36)40/h15-18,23-28,31-32,37-40H,3-14H2,1-2H3/t23-,24-,25+,26+,27+,28+,31+,32+,35+,36+/m1/s1. The Labute approximate surface area is 266 Å². The van der Waals surface area contributed by atoms with E-state index in [4.69, 9.17) is 8.37 Å². The van der Waals surface area contributed by atoms with Crippen LogP contribution in [0, 0.1) is 34.5 Å². The van der Waals surface area contributed by atoms with Gasteiger partial charge in [0.2, 0.25) is 0 Å². The molecule has 45 heavy (non-hydrogen) atoms. The second kappa shape index (κ2) is 10.3. The summed E-state index contributed by atoms with van der Waals surface area (Å²) in [5.74, 6) is 1.63. The van der Waals surface area contributed by atoms with Gasteiger partial charge in [-0.3, -0.25) is 0 Å². The van der Waals surface area contributed by atoms with Crippen LogP contribution < -0.4 is 8.37 Å². The molecule has 0 saturated heterocycles. The van der Waals surface area contributed by atoms with Crippen LogP contribution in [0.3, 0.4) is 0 Å². The summed E-state index contributed by atoms with van der Waals surface area (Å²) < 4.78 is 39.1. The number of aryl methyl sites for hydroxylation is 2. The summed E-state index contributed by atoms with van der Waals surface area (Å²) in [6.45, 7) is 4.41. The van der Waals surface area contributed by atoms with Gasteiger partial charge >= 0.3 is 10.4 Å². The number of phenolic OH excluding ortho intramolecular Hbond substituents is 2. The first-order chi connectivity index (χ1) is 21.4. The van der Waals surface area contributed by atoms with Gasteiger partial charge in [-0.2, -0.15) is 0 Å². The summed E-state index contributed by atoms with van der Waals surface area (Å²) in [6.07, 6.45) is 9.57. The molecule has 9 heteroatoms. The number of fused-ring (bicyclic) bond motifs is 10. The van der Waals surface area contributed by atoms with E-state index < -0.39 is 10.4 Å². The maximum Gasteiger partial charge on any atom is 0.501 e. The van der Waals surface area contributed by atoms with Crippen molar-refractivity contribution in [2.24, 2.45) is 34.5 Å². The van der Waals surface area contributed by atoms with Gasteiger partial charge in [-0.05, 0) is 147 Å². The molecule has 4 saturated carbocycles.